The van der Waals surface area contributed by atoms with Gasteiger partial charge in [0.25, 0.3) is 5.91 Å². The molecule has 1 aromatic carbocycles. The first-order valence-electron chi connectivity index (χ1n) is 8.82. The standard InChI is InChI=1S/C18H24F2N2O4/c19-17(20)26-15-6-2-1-5-14(15)16(23)22-9-10-25-13-18(24,12-22)11-21-7-3-4-8-21/h1-2,5-6,17,24H,3-4,7-13H2/t18-/m1/s1. The van der Waals surface area contributed by atoms with Crippen LogP contribution in [-0.4, -0.2) is 79.0 Å². The van der Waals surface area contributed by atoms with Crippen molar-refractivity contribution in [1.82, 2.24) is 9.80 Å². The number of rotatable bonds is 5. The van der Waals surface area contributed by atoms with Crippen molar-refractivity contribution >= 4 is 5.91 Å². The zero-order valence-electron chi connectivity index (χ0n) is 14.6. The summed E-state index contributed by atoms with van der Waals surface area (Å²) in [6.07, 6.45) is 2.19. The van der Waals surface area contributed by atoms with Crippen LogP contribution < -0.4 is 4.74 Å². The monoisotopic (exact) mass is 370 g/mol. The molecule has 0 saturated carbocycles. The van der Waals surface area contributed by atoms with Crippen molar-refractivity contribution in [3.8, 4) is 5.75 Å². The highest BCUT2D eigenvalue weighted by Gasteiger charge is 2.37. The molecular formula is C18H24F2N2O4. The molecule has 3 rings (SSSR count). The highest BCUT2D eigenvalue weighted by Crippen LogP contribution is 2.24. The molecule has 0 unspecified atom stereocenters. The third-order valence-electron chi connectivity index (χ3n) is 4.70. The predicted octanol–water partition coefficient (Wildman–Crippen LogP) is 1.59. The van der Waals surface area contributed by atoms with Gasteiger partial charge < -0.3 is 24.4 Å². The molecule has 1 amide bonds. The van der Waals surface area contributed by atoms with Crippen LogP contribution in [-0.2, 0) is 4.74 Å². The molecule has 0 aliphatic carbocycles. The van der Waals surface area contributed by atoms with Crippen LogP contribution in [0, 0.1) is 0 Å². The van der Waals surface area contributed by atoms with E-state index < -0.39 is 18.1 Å². The summed E-state index contributed by atoms with van der Waals surface area (Å²) in [5, 5.41) is 11.0. The fourth-order valence-electron chi connectivity index (χ4n) is 3.56. The van der Waals surface area contributed by atoms with Crippen molar-refractivity contribution in [3.05, 3.63) is 29.8 Å². The van der Waals surface area contributed by atoms with Crippen LogP contribution in [0.1, 0.15) is 23.2 Å². The van der Waals surface area contributed by atoms with Gasteiger partial charge in [0, 0.05) is 13.1 Å². The molecule has 2 heterocycles. The van der Waals surface area contributed by atoms with Gasteiger partial charge in [-0.1, -0.05) is 12.1 Å². The molecule has 1 atom stereocenters. The molecule has 1 N–H and O–H groups in total. The van der Waals surface area contributed by atoms with E-state index in [2.05, 4.69) is 9.64 Å². The number of hydrogen-bond donors (Lipinski definition) is 1. The van der Waals surface area contributed by atoms with Crippen molar-refractivity contribution in [1.29, 1.82) is 0 Å². The molecule has 0 aromatic heterocycles. The van der Waals surface area contributed by atoms with Gasteiger partial charge >= 0.3 is 6.61 Å². The van der Waals surface area contributed by atoms with Gasteiger partial charge in [-0.25, -0.2) is 0 Å². The smallest absolute Gasteiger partial charge is 0.387 e. The molecule has 2 aliphatic heterocycles. The minimum atomic E-state index is -3.01. The van der Waals surface area contributed by atoms with E-state index in [1.165, 1.54) is 23.1 Å². The largest absolute Gasteiger partial charge is 0.434 e. The lowest BCUT2D eigenvalue weighted by atomic mass is 10.0. The van der Waals surface area contributed by atoms with Crippen molar-refractivity contribution in [3.63, 3.8) is 0 Å². The maximum Gasteiger partial charge on any atom is 0.387 e. The van der Waals surface area contributed by atoms with E-state index in [1.807, 2.05) is 0 Å². The third kappa shape index (κ3) is 4.69. The number of β-amino-alcohol motifs (C(OH)–C–C–N with tert-alkyl or cyclic N) is 1. The number of ether oxygens (including phenoxy) is 2. The first kappa shape index (κ1) is 19.0. The Hall–Kier alpha value is -1.77. The second kappa shape index (κ2) is 8.28. The Kier molecular flexibility index (Phi) is 6.05. The van der Waals surface area contributed by atoms with Gasteiger partial charge in [0.2, 0.25) is 0 Å². The van der Waals surface area contributed by atoms with E-state index in [0.717, 1.165) is 25.9 Å². The summed E-state index contributed by atoms with van der Waals surface area (Å²) in [7, 11) is 0. The second-order valence-electron chi connectivity index (χ2n) is 6.86. The summed E-state index contributed by atoms with van der Waals surface area (Å²) in [5.41, 5.74) is -1.13. The Bertz CT molecular complexity index is 625. The number of nitrogens with zero attached hydrogens (tertiary/aromatic N) is 2. The molecule has 1 aromatic rings. The highest BCUT2D eigenvalue weighted by atomic mass is 19.3. The molecular weight excluding hydrogens is 346 g/mol. The fourth-order valence-corrected chi connectivity index (χ4v) is 3.56. The number of hydrogen-bond acceptors (Lipinski definition) is 5. The average molecular weight is 370 g/mol. The summed E-state index contributed by atoms with van der Waals surface area (Å²) in [4.78, 5) is 16.5. The van der Waals surface area contributed by atoms with E-state index in [1.54, 1.807) is 6.07 Å². The van der Waals surface area contributed by atoms with Gasteiger partial charge in [-0.05, 0) is 38.1 Å². The topological polar surface area (TPSA) is 62.2 Å². The van der Waals surface area contributed by atoms with Gasteiger partial charge in [-0.3, -0.25) is 4.79 Å². The molecule has 0 spiro atoms. The molecule has 144 valence electrons. The first-order chi connectivity index (χ1) is 12.5. The highest BCUT2D eigenvalue weighted by molar-refractivity contribution is 5.97. The Morgan fingerprint density at radius 2 is 2.00 bits per heavy atom. The Morgan fingerprint density at radius 3 is 2.73 bits per heavy atom. The van der Waals surface area contributed by atoms with E-state index in [-0.39, 0.29) is 37.6 Å². The van der Waals surface area contributed by atoms with Crippen LogP contribution in [0.3, 0.4) is 0 Å². The number of para-hydroxylation sites is 1. The first-order valence-corrected chi connectivity index (χ1v) is 8.82. The Balaban J connectivity index is 1.75. The van der Waals surface area contributed by atoms with Crippen LogP contribution in [0.15, 0.2) is 24.3 Å². The minimum Gasteiger partial charge on any atom is -0.434 e. The lowest BCUT2D eigenvalue weighted by molar-refractivity contribution is -0.0536. The van der Waals surface area contributed by atoms with Crippen LogP contribution in [0.2, 0.25) is 0 Å². The zero-order chi connectivity index (χ0) is 18.6. The van der Waals surface area contributed by atoms with Crippen LogP contribution >= 0.6 is 0 Å². The van der Waals surface area contributed by atoms with Crippen LogP contribution in [0.25, 0.3) is 0 Å². The van der Waals surface area contributed by atoms with E-state index in [0.29, 0.717) is 6.54 Å². The summed E-state index contributed by atoms with van der Waals surface area (Å²) in [6, 6.07) is 5.91. The number of carbonyl (C=O) groups is 1. The third-order valence-corrected chi connectivity index (χ3v) is 4.70. The minimum absolute atomic E-state index is 0.0539. The molecule has 2 aliphatic rings. The van der Waals surface area contributed by atoms with E-state index >= 15 is 0 Å². The lowest BCUT2D eigenvalue weighted by Gasteiger charge is -2.34. The maximum atomic E-state index is 12.9. The molecule has 6 nitrogen and oxygen atoms in total. The average Bonchev–Trinajstić information content (AvgIpc) is 3.01. The van der Waals surface area contributed by atoms with Crippen molar-refractivity contribution in [2.24, 2.45) is 0 Å². The number of benzene rings is 1. The normalized spacial score (nSPS) is 24.7. The zero-order valence-corrected chi connectivity index (χ0v) is 14.6. The molecule has 2 fully saturated rings. The molecule has 8 heteroatoms. The summed E-state index contributed by atoms with van der Waals surface area (Å²) in [6.45, 7) is 0.0434. The molecule has 2 saturated heterocycles. The van der Waals surface area contributed by atoms with Crippen molar-refractivity contribution in [2.45, 2.75) is 25.1 Å². The van der Waals surface area contributed by atoms with Crippen LogP contribution in [0.4, 0.5) is 8.78 Å². The fraction of sp³-hybridized carbons (Fsp3) is 0.611. The molecule has 0 bridgehead atoms. The van der Waals surface area contributed by atoms with Gasteiger partial charge in [0.15, 0.2) is 0 Å². The van der Waals surface area contributed by atoms with Crippen LogP contribution in [0.5, 0.6) is 5.75 Å². The van der Waals surface area contributed by atoms with Crippen molar-refractivity contribution < 1.29 is 28.2 Å². The van der Waals surface area contributed by atoms with Crippen molar-refractivity contribution in [2.75, 3.05) is 45.9 Å². The summed E-state index contributed by atoms with van der Waals surface area (Å²) >= 11 is 0. The number of halogens is 2. The quantitative estimate of drug-likeness (QED) is 0.853. The predicted molar refractivity (Wildman–Crippen MR) is 90.4 cm³/mol. The Morgan fingerprint density at radius 1 is 1.27 bits per heavy atom. The Labute approximate surface area is 151 Å². The van der Waals surface area contributed by atoms with Gasteiger partial charge in [0.1, 0.15) is 11.4 Å². The summed E-state index contributed by atoms with van der Waals surface area (Å²) in [5.74, 6) is -0.618. The van der Waals surface area contributed by atoms with E-state index in [9.17, 15) is 18.7 Å². The molecule has 0 radical (unpaired) electrons. The number of alkyl halides is 2. The second-order valence-corrected chi connectivity index (χ2v) is 6.86. The van der Waals surface area contributed by atoms with Gasteiger partial charge in [-0.2, -0.15) is 8.78 Å². The molecule has 26 heavy (non-hydrogen) atoms. The maximum absolute atomic E-state index is 12.9. The van der Waals surface area contributed by atoms with E-state index in [4.69, 9.17) is 4.74 Å². The number of aliphatic hydroxyl groups is 1. The summed E-state index contributed by atoms with van der Waals surface area (Å²) < 4.78 is 35.2. The van der Waals surface area contributed by atoms with Gasteiger partial charge in [-0.15, -0.1) is 0 Å². The number of likely N-dealkylation sites (tertiary alicyclic amines) is 1. The SMILES string of the molecule is O=C(c1ccccc1OC(F)F)N1CCOC[C@@](O)(CN2CCCC2)C1. The lowest BCUT2D eigenvalue weighted by Crippen LogP contribution is -2.53. The number of carbonyl (C=O) groups excluding carboxylic acids is 1. The van der Waals surface area contributed by atoms with Gasteiger partial charge in [0.05, 0.1) is 25.3 Å². The number of amides is 1.